The van der Waals surface area contributed by atoms with Gasteiger partial charge in [-0.25, -0.2) is 4.99 Å². The number of halogens is 1. The Hall–Kier alpha value is -2.09. The maximum atomic E-state index is 9.45. The number of thiazole rings is 1. The largest absolute Gasteiger partial charge is 1.00 e. The van der Waals surface area contributed by atoms with Gasteiger partial charge in [-0.15, -0.1) is 11.3 Å². The van der Waals surface area contributed by atoms with E-state index in [0.29, 0.717) is 6.54 Å². The van der Waals surface area contributed by atoms with E-state index in [2.05, 4.69) is 5.38 Å². The lowest BCUT2D eigenvalue weighted by Gasteiger charge is -2.08. The number of rotatable bonds is 4. The van der Waals surface area contributed by atoms with Gasteiger partial charge in [-0.05, 0) is 30.3 Å². The number of hydrogen-bond donors (Lipinski definition) is 1. The first-order valence-electron chi connectivity index (χ1n) is 7.64. The molecule has 0 saturated carbocycles. The van der Waals surface area contributed by atoms with Gasteiger partial charge in [-0.1, -0.05) is 18.2 Å². The summed E-state index contributed by atoms with van der Waals surface area (Å²) in [5.74, 6) is 1.51. The maximum absolute atomic E-state index is 9.45. The minimum absolute atomic E-state index is 0. The van der Waals surface area contributed by atoms with Crippen LogP contribution in [0.1, 0.15) is 0 Å². The van der Waals surface area contributed by atoms with Crippen LogP contribution >= 0.6 is 11.3 Å². The molecule has 1 aliphatic rings. The first-order valence-corrected chi connectivity index (χ1v) is 8.52. The van der Waals surface area contributed by atoms with Crippen molar-refractivity contribution < 1.29 is 31.6 Å². The molecule has 3 aromatic rings. The van der Waals surface area contributed by atoms with Gasteiger partial charge in [0.1, 0.15) is 0 Å². The predicted molar refractivity (Wildman–Crippen MR) is 92.6 cm³/mol. The molecule has 0 fully saturated rings. The molecule has 1 aliphatic heterocycles. The predicted octanol–water partition coefficient (Wildman–Crippen LogP) is 0.174. The second-order valence-electron chi connectivity index (χ2n) is 5.29. The number of ether oxygens (including phenoxy) is 2. The summed E-state index contributed by atoms with van der Waals surface area (Å²) in [5, 5.41) is 11.5. The van der Waals surface area contributed by atoms with Crippen LogP contribution in [0.15, 0.2) is 58.9 Å². The van der Waals surface area contributed by atoms with Crippen molar-refractivity contribution in [2.75, 3.05) is 13.4 Å². The zero-order chi connectivity index (χ0) is 16.4. The summed E-state index contributed by atoms with van der Waals surface area (Å²) in [6.07, 6.45) is 0. The minimum Gasteiger partial charge on any atom is -1.00 e. The summed E-state index contributed by atoms with van der Waals surface area (Å²) in [4.78, 5) is 5.54. The number of fused-ring (bicyclic) bond motifs is 1. The van der Waals surface area contributed by atoms with E-state index >= 15 is 0 Å². The van der Waals surface area contributed by atoms with E-state index in [4.69, 9.17) is 14.5 Å². The van der Waals surface area contributed by atoms with Crippen molar-refractivity contribution in [1.29, 1.82) is 0 Å². The zero-order valence-corrected chi connectivity index (χ0v) is 15.7. The Balaban J connectivity index is 0.00000182. The van der Waals surface area contributed by atoms with Gasteiger partial charge in [0.2, 0.25) is 6.79 Å². The molecule has 1 aromatic heterocycles. The van der Waals surface area contributed by atoms with Crippen molar-refractivity contribution in [3.63, 3.8) is 0 Å². The number of para-hydroxylation sites is 1. The Kier molecular flexibility index (Phi) is 5.57. The molecule has 0 bridgehead atoms. The monoisotopic (exact) mass is 419 g/mol. The summed E-state index contributed by atoms with van der Waals surface area (Å²) in [6.45, 7) is 0.795. The van der Waals surface area contributed by atoms with Gasteiger partial charge >= 0.3 is 0 Å². The second kappa shape index (κ2) is 7.86. The highest BCUT2D eigenvalue weighted by atomic mass is 79.9. The van der Waals surface area contributed by atoms with Gasteiger partial charge in [-0.2, -0.15) is 0 Å². The summed E-state index contributed by atoms with van der Waals surface area (Å²) in [6, 6.07) is 15.7. The fraction of sp³-hybridized carbons (Fsp3) is 0.167. The summed E-state index contributed by atoms with van der Waals surface area (Å²) < 4.78 is 12.9. The van der Waals surface area contributed by atoms with Crippen molar-refractivity contribution >= 4 is 17.0 Å². The van der Waals surface area contributed by atoms with Crippen LogP contribution in [0.5, 0.6) is 11.5 Å². The van der Waals surface area contributed by atoms with Crippen LogP contribution in [0.3, 0.4) is 0 Å². The molecule has 0 aliphatic carbocycles. The van der Waals surface area contributed by atoms with Gasteiger partial charge in [0.15, 0.2) is 16.3 Å². The molecule has 7 heteroatoms. The number of aliphatic hydroxyl groups is 1. The fourth-order valence-corrected chi connectivity index (χ4v) is 3.59. The number of aromatic nitrogens is 1. The molecule has 2 aromatic carbocycles. The summed E-state index contributed by atoms with van der Waals surface area (Å²) in [7, 11) is 0. The second-order valence-corrected chi connectivity index (χ2v) is 6.13. The molecule has 0 atom stereocenters. The quantitative estimate of drug-likeness (QED) is 0.655. The fourth-order valence-electron chi connectivity index (χ4n) is 2.63. The third-order valence-electron chi connectivity index (χ3n) is 3.77. The molecule has 25 heavy (non-hydrogen) atoms. The number of aliphatic hydroxyl groups excluding tert-OH is 1. The smallest absolute Gasteiger partial charge is 0.231 e. The lowest BCUT2D eigenvalue weighted by molar-refractivity contribution is -0.00000738. The SMILES string of the molecule is OCCn1c(-c2ccc3c(c2)OCO3)csc1=Nc1ccccc1.[Br-]. The molecule has 0 amide bonds. The van der Waals surface area contributed by atoms with Crippen LogP contribution < -0.4 is 31.3 Å². The van der Waals surface area contributed by atoms with E-state index in [9.17, 15) is 5.11 Å². The molecule has 1 N–H and O–H groups in total. The van der Waals surface area contributed by atoms with E-state index in [1.807, 2.05) is 53.1 Å². The molecule has 2 heterocycles. The molecule has 4 rings (SSSR count). The van der Waals surface area contributed by atoms with E-state index in [1.165, 1.54) is 0 Å². The number of hydrogen-bond acceptors (Lipinski definition) is 5. The zero-order valence-electron chi connectivity index (χ0n) is 13.3. The Morgan fingerprint density at radius 2 is 1.88 bits per heavy atom. The van der Waals surface area contributed by atoms with Gasteiger partial charge in [-0.3, -0.25) is 0 Å². The lowest BCUT2D eigenvalue weighted by atomic mass is 10.1. The average Bonchev–Trinajstić information content (AvgIpc) is 3.23. The molecule has 130 valence electrons. The average molecular weight is 420 g/mol. The van der Waals surface area contributed by atoms with Crippen molar-refractivity contribution in [3.05, 3.63) is 58.7 Å². The van der Waals surface area contributed by atoms with E-state index in [-0.39, 0.29) is 30.4 Å². The summed E-state index contributed by atoms with van der Waals surface area (Å²) >= 11 is 1.55. The summed E-state index contributed by atoms with van der Waals surface area (Å²) in [5.41, 5.74) is 2.91. The Bertz CT molecular complexity index is 922. The molecule has 5 nitrogen and oxygen atoms in total. The molecule has 0 unspecified atom stereocenters. The van der Waals surface area contributed by atoms with Crippen LogP contribution in [0, 0.1) is 0 Å². The van der Waals surface area contributed by atoms with E-state index < -0.39 is 0 Å². The van der Waals surface area contributed by atoms with Crippen LogP contribution in [0.25, 0.3) is 11.3 Å². The maximum Gasteiger partial charge on any atom is 0.231 e. The first kappa shape index (κ1) is 17.7. The standard InChI is InChI=1S/C18H16N2O3S.BrH/c21-9-8-20-15(13-6-7-16-17(10-13)23-12-22-16)11-24-18(20)19-14-4-2-1-3-5-14;/h1-7,10-11,21H,8-9,12H2;1H/p-1. The number of benzene rings is 2. The van der Waals surface area contributed by atoms with Crippen LogP contribution in [-0.4, -0.2) is 23.1 Å². The highest BCUT2D eigenvalue weighted by molar-refractivity contribution is 7.07. The molecular weight excluding hydrogens is 404 g/mol. The van der Waals surface area contributed by atoms with Gasteiger partial charge in [0, 0.05) is 17.5 Å². The third kappa shape index (κ3) is 3.63. The third-order valence-corrected chi connectivity index (χ3v) is 4.63. The Labute approximate surface area is 159 Å². The van der Waals surface area contributed by atoms with Crippen molar-refractivity contribution in [1.82, 2.24) is 4.57 Å². The van der Waals surface area contributed by atoms with Gasteiger partial charge in [0.25, 0.3) is 0 Å². The molecule has 0 radical (unpaired) electrons. The van der Waals surface area contributed by atoms with Crippen LogP contribution in [0.2, 0.25) is 0 Å². The topological polar surface area (TPSA) is 56.0 Å². The first-order chi connectivity index (χ1) is 11.8. The number of nitrogens with zero attached hydrogens (tertiary/aromatic N) is 2. The van der Waals surface area contributed by atoms with Gasteiger partial charge in [0.05, 0.1) is 18.0 Å². The Morgan fingerprint density at radius 3 is 2.68 bits per heavy atom. The molecular formula is C18H16BrN2O3S-. The highest BCUT2D eigenvalue weighted by Gasteiger charge is 2.16. The highest BCUT2D eigenvalue weighted by Crippen LogP contribution is 2.36. The van der Waals surface area contributed by atoms with E-state index in [1.54, 1.807) is 11.3 Å². The van der Waals surface area contributed by atoms with Crippen molar-refractivity contribution in [2.45, 2.75) is 6.54 Å². The molecule has 0 spiro atoms. The van der Waals surface area contributed by atoms with E-state index in [0.717, 1.165) is 33.2 Å². The normalized spacial score (nSPS) is 12.9. The molecule has 0 saturated heterocycles. The van der Waals surface area contributed by atoms with Crippen molar-refractivity contribution in [2.24, 2.45) is 4.99 Å². The van der Waals surface area contributed by atoms with Crippen LogP contribution in [-0.2, 0) is 6.54 Å². The van der Waals surface area contributed by atoms with Gasteiger partial charge < -0.3 is 36.1 Å². The van der Waals surface area contributed by atoms with Crippen molar-refractivity contribution in [3.8, 4) is 22.8 Å². The Morgan fingerprint density at radius 1 is 1.08 bits per heavy atom. The lowest BCUT2D eigenvalue weighted by Crippen LogP contribution is -3.00. The minimum atomic E-state index is 0. The van der Waals surface area contributed by atoms with Crippen LogP contribution in [0.4, 0.5) is 5.69 Å².